The first-order valence-corrected chi connectivity index (χ1v) is 9.30. The van der Waals surface area contributed by atoms with Crippen molar-refractivity contribution in [2.45, 2.75) is 80.2 Å². The summed E-state index contributed by atoms with van der Waals surface area (Å²) in [5.41, 5.74) is 3.31. The van der Waals surface area contributed by atoms with Gasteiger partial charge in [0.25, 0.3) is 0 Å². The third kappa shape index (κ3) is 2.82. The molecule has 0 saturated carbocycles. The van der Waals surface area contributed by atoms with E-state index in [9.17, 15) is 0 Å². The Morgan fingerprint density at radius 3 is 1.92 bits per heavy atom. The number of fused-ring (bicyclic) bond motifs is 1. The maximum absolute atomic E-state index is 5.80. The first-order valence-electron chi connectivity index (χ1n) is 9.30. The number of nitrogens with zero attached hydrogens (tertiary/aromatic N) is 1. The minimum absolute atomic E-state index is 0.0812. The lowest BCUT2D eigenvalue weighted by Crippen LogP contribution is -2.55. The van der Waals surface area contributed by atoms with Crippen LogP contribution in [0, 0.1) is 10.8 Å². The normalized spacial score (nSPS) is 17.8. The van der Waals surface area contributed by atoms with Crippen molar-refractivity contribution in [3.8, 4) is 5.75 Å². The molecule has 0 fully saturated rings. The van der Waals surface area contributed by atoms with Crippen LogP contribution in [0.2, 0.25) is 0 Å². The van der Waals surface area contributed by atoms with Crippen LogP contribution in [0.5, 0.6) is 5.75 Å². The predicted molar refractivity (Wildman–Crippen MR) is 105 cm³/mol. The van der Waals surface area contributed by atoms with Gasteiger partial charge in [-0.3, -0.25) is 0 Å². The quantitative estimate of drug-likeness (QED) is 0.655. The number of hydrogen-bond acceptors (Lipinski definition) is 2. The second kappa shape index (κ2) is 5.68. The van der Waals surface area contributed by atoms with E-state index in [0.717, 1.165) is 12.3 Å². The van der Waals surface area contributed by atoms with Crippen LogP contribution in [0.25, 0.3) is 0 Å². The predicted octanol–water partition coefficient (Wildman–Crippen LogP) is 6.03. The highest BCUT2D eigenvalue weighted by Gasteiger charge is 2.58. The van der Waals surface area contributed by atoms with E-state index < -0.39 is 0 Å². The molecule has 0 saturated heterocycles. The molecule has 1 aliphatic heterocycles. The van der Waals surface area contributed by atoms with Crippen molar-refractivity contribution >= 4 is 5.69 Å². The standard InChI is InChI=1S/C22H37NO/c1-11-24-16-12-13-17-18(14-16)23(21(8,9)10)15-22(17,19(2,3)4)20(5,6)7/h12-14H,11,15H2,1-10H3. The van der Waals surface area contributed by atoms with Gasteiger partial charge in [0.15, 0.2) is 0 Å². The van der Waals surface area contributed by atoms with Gasteiger partial charge in [-0.1, -0.05) is 47.6 Å². The van der Waals surface area contributed by atoms with Crippen molar-refractivity contribution in [1.29, 1.82) is 0 Å². The molecule has 0 amide bonds. The van der Waals surface area contributed by atoms with E-state index in [2.05, 4.69) is 85.4 Å². The summed E-state index contributed by atoms with van der Waals surface area (Å²) in [7, 11) is 0. The molecule has 1 aromatic carbocycles. The van der Waals surface area contributed by atoms with Crippen LogP contribution < -0.4 is 9.64 Å². The summed E-state index contributed by atoms with van der Waals surface area (Å²) in [6.07, 6.45) is 0. The molecule has 1 aromatic rings. The minimum Gasteiger partial charge on any atom is -0.494 e. The van der Waals surface area contributed by atoms with Crippen LogP contribution in [0.15, 0.2) is 18.2 Å². The molecule has 1 aliphatic rings. The number of benzene rings is 1. The molecule has 0 atom stereocenters. The van der Waals surface area contributed by atoms with Gasteiger partial charge in [-0.15, -0.1) is 0 Å². The van der Waals surface area contributed by atoms with Crippen LogP contribution in [0.3, 0.4) is 0 Å². The Kier molecular flexibility index (Phi) is 4.53. The summed E-state index contributed by atoms with van der Waals surface area (Å²) in [6.45, 7) is 25.1. The van der Waals surface area contributed by atoms with Gasteiger partial charge in [0.2, 0.25) is 0 Å². The molecule has 0 unspecified atom stereocenters. The molecular formula is C22H37NO. The van der Waals surface area contributed by atoms with Crippen LogP contribution >= 0.6 is 0 Å². The van der Waals surface area contributed by atoms with Crippen molar-refractivity contribution in [1.82, 2.24) is 0 Å². The fourth-order valence-electron chi connectivity index (χ4n) is 4.77. The lowest BCUT2D eigenvalue weighted by atomic mass is 9.52. The van der Waals surface area contributed by atoms with E-state index >= 15 is 0 Å². The van der Waals surface area contributed by atoms with Gasteiger partial charge >= 0.3 is 0 Å². The van der Waals surface area contributed by atoms with E-state index in [0.29, 0.717) is 6.61 Å². The van der Waals surface area contributed by atoms with E-state index in [1.54, 1.807) is 0 Å². The third-order valence-corrected chi connectivity index (χ3v) is 5.80. The first-order chi connectivity index (χ1) is 10.8. The first kappa shape index (κ1) is 19.1. The van der Waals surface area contributed by atoms with E-state index in [1.165, 1.54) is 11.3 Å². The summed E-state index contributed by atoms with van der Waals surface area (Å²) >= 11 is 0. The second-order valence-corrected chi connectivity index (χ2v) is 10.3. The zero-order valence-corrected chi connectivity index (χ0v) is 17.5. The molecule has 0 aromatic heterocycles. The van der Waals surface area contributed by atoms with E-state index in [1.807, 2.05) is 6.92 Å². The lowest BCUT2D eigenvalue weighted by molar-refractivity contribution is 0.0635. The molecule has 1 heterocycles. The Balaban J connectivity index is 2.77. The highest BCUT2D eigenvalue weighted by molar-refractivity contribution is 5.68. The van der Waals surface area contributed by atoms with Gasteiger partial charge < -0.3 is 9.64 Å². The zero-order valence-electron chi connectivity index (χ0n) is 17.5. The molecule has 2 nitrogen and oxygen atoms in total. The molecule has 2 heteroatoms. The molecule has 0 aliphatic carbocycles. The van der Waals surface area contributed by atoms with Crippen LogP contribution in [-0.4, -0.2) is 18.7 Å². The number of anilines is 1. The van der Waals surface area contributed by atoms with Crippen molar-refractivity contribution < 1.29 is 4.74 Å². The van der Waals surface area contributed by atoms with Gasteiger partial charge in [0.05, 0.1) is 6.61 Å². The number of ether oxygens (including phenoxy) is 1. The average Bonchev–Trinajstić information content (AvgIpc) is 2.73. The summed E-state index contributed by atoms with van der Waals surface area (Å²) in [6, 6.07) is 6.73. The van der Waals surface area contributed by atoms with Crippen LogP contribution in [0.4, 0.5) is 5.69 Å². The van der Waals surface area contributed by atoms with Gasteiger partial charge in [-0.05, 0) is 50.2 Å². The second-order valence-electron chi connectivity index (χ2n) is 10.3. The number of hydrogen-bond donors (Lipinski definition) is 0. The SMILES string of the molecule is CCOc1ccc2c(c1)N(C(C)(C)C)CC2(C(C)(C)C)C(C)(C)C. The molecule has 2 rings (SSSR count). The topological polar surface area (TPSA) is 12.5 Å². The Labute approximate surface area is 149 Å². The summed E-state index contributed by atoms with van der Waals surface area (Å²) in [4.78, 5) is 2.58. The van der Waals surface area contributed by atoms with Gasteiger partial charge in [-0.2, -0.15) is 0 Å². The fourth-order valence-corrected chi connectivity index (χ4v) is 4.77. The fraction of sp³-hybridized carbons (Fsp3) is 0.727. The monoisotopic (exact) mass is 331 g/mol. The van der Waals surface area contributed by atoms with E-state index in [4.69, 9.17) is 4.74 Å². The smallest absolute Gasteiger partial charge is 0.121 e. The third-order valence-electron chi connectivity index (χ3n) is 5.80. The molecule has 136 valence electrons. The maximum Gasteiger partial charge on any atom is 0.121 e. The lowest BCUT2D eigenvalue weighted by Gasteiger charge is -2.52. The Morgan fingerprint density at radius 2 is 1.50 bits per heavy atom. The summed E-state index contributed by atoms with van der Waals surface area (Å²) in [5, 5.41) is 0. The minimum atomic E-state index is 0.0812. The molecule has 0 N–H and O–H groups in total. The Morgan fingerprint density at radius 1 is 0.958 bits per heavy atom. The largest absolute Gasteiger partial charge is 0.494 e. The van der Waals surface area contributed by atoms with Crippen LogP contribution in [0.1, 0.15) is 74.8 Å². The Bertz CT molecular complexity index is 582. The highest BCUT2D eigenvalue weighted by atomic mass is 16.5. The van der Waals surface area contributed by atoms with Crippen molar-refractivity contribution in [2.24, 2.45) is 10.8 Å². The van der Waals surface area contributed by atoms with Gasteiger partial charge in [0, 0.05) is 29.3 Å². The van der Waals surface area contributed by atoms with Crippen LogP contribution in [-0.2, 0) is 5.41 Å². The Hall–Kier alpha value is -1.18. The zero-order chi connectivity index (χ0) is 18.6. The number of rotatable bonds is 2. The molecule has 24 heavy (non-hydrogen) atoms. The maximum atomic E-state index is 5.80. The molecule has 0 radical (unpaired) electrons. The van der Waals surface area contributed by atoms with Crippen molar-refractivity contribution in [2.75, 3.05) is 18.1 Å². The highest BCUT2D eigenvalue weighted by Crippen LogP contribution is 2.60. The molecule has 0 bridgehead atoms. The van der Waals surface area contributed by atoms with Gasteiger partial charge in [0.1, 0.15) is 5.75 Å². The summed E-state index contributed by atoms with van der Waals surface area (Å²) in [5.74, 6) is 0.976. The van der Waals surface area contributed by atoms with Gasteiger partial charge in [-0.25, -0.2) is 0 Å². The van der Waals surface area contributed by atoms with Crippen molar-refractivity contribution in [3.63, 3.8) is 0 Å². The van der Waals surface area contributed by atoms with Crippen molar-refractivity contribution in [3.05, 3.63) is 23.8 Å². The molecular weight excluding hydrogens is 294 g/mol. The molecule has 0 spiro atoms. The average molecular weight is 332 g/mol. The van der Waals surface area contributed by atoms with E-state index in [-0.39, 0.29) is 21.8 Å². The summed E-state index contributed by atoms with van der Waals surface area (Å²) < 4.78 is 5.80.